The van der Waals surface area contributed by atoms with Crippen molar-refractivity contribution in [3.8, 4) is 5.75 Å². The zero-order valence-electron chi connectivity index (χ0n) is 11.1. The fourth-order valence-corrected chi connectivity index (χ4v) is 1.95. The predicted molar refractivity (Wildman–Crippen MR) is 73.3 cm³/mol. The first-order valence-corrected chi connectivity index (χ1v) is 6.43. The Labute approximate surface area is 120 Å². The predicted octanol–water partition coefficient (Wildman–Crippen LogP) is 3.60. The summed E-state index contributed by atoms with van der Waals surface area (Å²) < 4.78 is 31.0. The Kier molecular flexibility index (Phi) is 4.87. The molecule has 21 heavy (non-hydrogen) atoms. The number of aliphatic carboxylic acids is 1. The van der Waals surface area contributed by atoms with Crippen molar-refractivity contribution >= 4 is 5.97 Å². The third kappa shape index (κ3) is 4.27. The highest BCUT2D eigenvalue weighted by Crippen LogP contribution is 2.21. The molecule has 0 saturated heterocycles. The monoisotopic (exact) mass is 292 g/mol. The van der Waals surface area contributed by atoms with Gasteiger partial charge in [0.05, 0.1) is 12.5 Å². The molecule has 0 spiro atoms. The van der Waals surface area contributed by atoms with Crippen LogP contribution in [0.5, 0.6) is 5.75 Å². The summed E-state index contributed by atoms with van der Waals surface area (Å²) >= 11 is 0. The van der Waals surface area contributed by atoms with E-state index in [1.54, 1.807) is 0 Å². The standard InChI is InChI=1S/C16H14F2O3/c17-12-3-1-11(2-4-12)15(16(19)20)9-10-21-14-7-5-13(18)6-8-14/h1-8,15H,9-10H2,(H,19,20). The Morgan fingerprint density at radius 1 is 1.00 bits per heavy atom. The van der Waals surface area contributed by atoms with Crippen LogP contribution in [0.1, 0.15) is 17.9 Å². The van der Waals surface area contributed by atoms with Gasteiger partial charge in [0.2, 0.25) is 0 Å². The maximum Gasteiger partial charge on any atom is 0.311 e. The SMILES string of the molecule is O=C(O)C(CCOc1ccc(F)cc1)c1ccc(F)cc1. The molecule has 0 aromatic heterocycles. The van der Waals surface area contributed by atoms with Gasteiger partial charge in [-0.1, -0.05) is 12.1 Å². The van der Waals surface area contributed by atoms with Crippen LogP contribution in [0, 0.1) is 11.6 Å². The zero-order valence-corrected chi connectivity index (χ0v) is 11.1. The molecule has 0 fully saturated rings. The minimum Gasteiger partial charge on any atom is -0.494 e. The Bertz CT molecular complexity index is 594. The van der Waals surface area contributed by atoms with Gasteiger partial charge >= 0.3 is 5.97 Å². The molecule has 0 aliphatic heterocycles. The molecule has 110 valence electrons. The highest BCUT2D eigenvalue weighted by atomic mass is 19.1. The van der Waals surface area contributed by atoms with Crippen molar-refractivity contribution in [2.45, 2.75) is 12.3 Å². The van der Waals surface area contributed by atoms with Crippen LogP contribution in [-0.4, -0.2) is 17.7 Å². The molecular formula is C16H14F2O3. The second kappa shape index (κ2) is 6.83. The van der Waals surface area contributed by atoms with Crippen LogP contribution >= 0.6 is 0 Å². The summed E-state index contributed by atoms with van der Waals surface area (Å²) in [6.45, 7) is 0.167. The number of rotatable bonds is 6. The number of hydrogen-bond acceptors (Lipinski definition) is 2. The Balaban J connectivity index is 1.96. The number of carboxylic acid groups (broad SMARTS) is 1. The first-order chi connectivity index (χ1) is 10.1. The zero-order chi connectivity index (χ0) is 15.2. The van der Waals surface area contributed by atoms with Crippen molar-refractivity contribution in [2.75, 3.05) is 6.61 Å². The summed E-state index contributed by atoms with van der Waals surface area (Å²) in [5.41, 5.74) is 0.520. The Morgan fingerprint density at radius 3 is 2.05 bits per heavy atom. The lowest BCUT2D eigenvalue weighted by Gasteiger charge is -2.13. The van der Waals surface area contributed by atoms with E-state index in [2.05, 4.69) is 0 Å². The van der Waals surface area contributed by atoms with Crippen molar-refractivity contribution in [3.63, 3.8) is 0 Å². The van der Waals surface area contributed by atoms with E-state index in [-0.39, 0.29) is 18.8 Å². The van der Waals surface area contributed by atoms with E-state index >= 15 is 0 Å². The summed E-state index contributed by atoms with van der Waals surface area (Å²) in [5, 5.41) is 9.23. The number of carbonyl (C=O) groups is 1. The van der Waals surface area contributed by atoms with Crippen LogP contribution in [0.15, 0.2) is 48.5 Å². The molecule has 5 heteroatoms. The van der Waals surface area contributed by atoms with Crippen molar-refractivity contribution in [1.29, 1.82) is 0 Å². The summed E-state index contributed by atoms with van der Waals surface area (Å²) in [4.78, 5) is 11.3. The molecule has 0 amide bonds. The second-order valence-electron chi connectivity index (χ2n) is 4.53. The third-order valence-corrected chi connectivity index (χ3v) is 3.06. The van der Waals surface area contributed by atoms with Gasteiger partial charge < -0.3 is 9.84 Å². The molecule has 3 nitrogen and oxygen atoms in total. The van der Waals surface area contributed by atoms with Gasteiger partial charge in [0, 0.05) is 0 Å². The highest BCUT2D eigenvalue weighted by molar-refractivity contribution is 5.76. The smallest absolute Gasteiger partial charge is 0.311 e. The molecule has 2 aromatic carbocycles. The average Bonchev–Trinajstić information content (AvgIpc) is 2.46. The molecule has 2 aromatic rings. The number of halogens is 2. The Morgan fingerprint density at radius 2 is 1.52 bits per heavy atom. The normalized spacial score (nSPS) is 11.9. The third-order valence-electron chi connectivity index (χ3n) is 3.06. The van der Waals surface area contributed by atoms with Gasteiger partial charge in [0.15, 0.2) is 0 Å². The second-order valence-corrected chi connectivity index (χ2v) is 4.53. The number of benzene rings is 2. The lowest BCUT2D eigenvalue weighted by molar-refractivity contribution is -0.139. The molecule has 0 aliphatic carbocycles. The van der Waals surface area contributed by atoms with Crippen LogP contribution in [0.25, 0.3) is 0 Å². The summed E-state index contributed by atoms with van der Waals surface area (Å²) in [6, 6.07) is 10.8. The lowest BCUT2D eigenvalue weighted by atomic mass is 9.96. The van der Waals surface area contributed by atoms with Crippen molar-refractivity contribution in [2.24, 2.45) is 0 Å². The minimum atomic E-state index is -0.996. The van der Waals surface area contributed by atoms with E-state index in [0.717, 1.165) is 0 Å². The van der Waals surface area contributed by atoms with Gasteiger partial charge in [-0.25, -0.2) is 8.78 Å². The van der Waals surface area contributed by atoms with Crippen molar-refractivity contribution in [3.05, 3.63) is 65.7 Å². The van der Waals surface area contributed by atoms with Crippen LogP contribution < -0.4 is 4.74 Å². The van der Waals surface area contributed by atoms with Gasteiger partial charge in [0.1, 0.15) is 17.4 Å². The summed E-state index contributed by atoms with van der Waals surface area (Å²) in [7, 11) is 0. The maximum absolute atomic E-state index is 12.9. The van der Waals surface area contributed by atoms with Crippen molar-refractivity contribution in [1.82, 2.24) is 0 Å². The van der Waals surface area contributed by atoms with Gasteiger partial charge in [-0.05, 0) is 48.4 Å². The van der Waals surface area contributed by atoms with Crippen LogP contribution in [0.3, 0.4) is 0 Å². The minimum absolute atomic E-state index is 0.167. The molecule has 0 radical (unpaired) electrons. The number of carboxylic acids is 1. The van der Waals surface area contributed by atoms with E-state index < -0.39 is 17.7 Å². The molecule has 0 bridgehead atoms. The van der Waals surface area contributed by atoms with Gasteiger partial charge in [-0.2, -0.15) is 0 Å². The van der Waals surface area contributed by atoms with Gasteiger partial charge in [-0.15, -0.1) is 0 Å². The largest absolute Gasteiger partial charge is 0.494 e. The first-order valence-electron chi connectivity index (χ1n) is 6.43. The van der Waals surface area contributed by atoms with E-state index in [1.807, 2.05) is 0 Å². The molecule has 0 saturated carbocycles. The molecule has 2 rings (SSSR count). The molecular weight excluding hydrogens is 278 g/mol. The van der Waals surface area contributed by atoms with Gasteiger partial charge in [-0.3, -0.25) is 4.79 Å². The van der Waals surface area contributed by atoms with Crippen LogP contribution in [0.4, 0.5) is 8.78 Å². The fourth-order valence-electron chi connectivity index (χ4n) is 1.95. The number of hydrogen-bond donors (Lipinski definition) is 1. The Hall–Kier alpha value is -2.43. The van der Waals surface area contributed by atoms with E-state index in [0.29, 0.717) is 11.3 Å². The highest BCUT2D eigenvalue weighted by Gasteiger charge is 2.19. The average molecular weight is 292 g/mol. The van der Waals surface area contributed by atoms with E-state index in [9.17, 15) is 18.7 Å². The van der Waals surface area contributed by atoms with Crippen LogP contribution in [0.2, 0.25) is 0 Å². The van der Waals surface area contributed by atoms with Crippen molar-refractivity contribution < 1.29 is 23.4 Å². The van der Waals surface area contributed by atoms with E-state index in [4.69, 9.17) is 4.74 Å². The maximum atomic E-state index is 12.9. The molecule has 1 unspecified atom stereocenters. The summed E-state index contributed by atoms with van der Waals surface area (Å²) in [6.07, 6.45) is 0.234. The molecule has 1 N–H and O–H groups in total. The van der Waals surface area contributed by atoms with E-state index in [1.165, 1.54) is 48.5 Å². The quantitative estimate of drug-likeness (QED) is 0.884. The van der Waals surface area contributed by atoms with Crippen LogP contribution in [-0.2, 0) is 4.79 Å². The molecule has 0 aliphatic rings. The molecule has 0 heterocycles. The molecule has 1 atom stereocenters. The van der Waals surface area contributed by atoms with Gasteiger partial charge in [0.25, 0.3) is 0 Å². The lowest BCUT2D eigenvalue weighted by Crippen LogP contribution is -2.15. The number of ether oxygens (including phenoxy) is 1. The fraction of sp³-hybridized carbons (Fsp3) is 0.188. The summed E-state index contributed by atoms with van der Waals surface area (Å²) in [5.74, 6) is -2.07. The first kappa shape index (κ1) is 15.0. The topological polar surface area (TPSA) is 46.5 Å².